The van der Waals surface area contributed by atoms with E-state index in [0.29, 0.717) is 32.4 Å². The molecule has 156 valence electrons. The first kappa shape index (κ1) is 19.6. The molecule has 3 aromatic heterocycles. The fourth-order valence-corrected chi connectivity index (χ4v) is 4.04. The highest BCUT2D eigenvalue weighted by Crippen LogP contribution is 2.26. The molecule has 0 aliphatic heterocycles. The summed E-state index contributed by atoms with van der Waals surface area (Å²) in [5.74, 6) is 1.38. The lowest BCUT2D eigenvalue weighted by Gasteiger charge is -1.96. The zero-order valence-corrected chi connectivity index (χ0v) is 17.2. The average Bonchev–Trinajstić information content (AvgIpc) is 3.51. The van der Waals surface area contributed by atoms with Gasteiger partial charge in [0, 0.05) is 23.8 Å². The summed E-state index contributed by atoms with van der Waals surface area (Å²) in [5.41, 5.74) is 1.29. The Morgan fingerprint density at radius 2 is 1.88 bits per heavy atom. The standard InChI is InChI=1S/C23H14N4O4S/c28-22-20(14-18-10-11-19(31-18)16-7-4-8-17(13-16)27(29)30)32-23-24-21(25-26(22)23)12-9-15-5-2-1-3-6-15/h1-14H. The number of nitro benzene ring substituents is 1. The number of benzene rings is 2. The summed E-state index contributed by atoms with van der Waals surface area (Å²) in [6.45, 7) is 0. The van der Waals surface area contributed by atoms with Crippen molar-refractivity contribution in [1.29, 1.82) is 0 Å². The Balaban J connectivity index is 1.44. The molecule has 0 spiro atoms. The van der Waals surface area contributed by atoms with Crippen LogP contribution in [0.1, 0.15) is 17.1 Å². The van der Waals surface area contributed by atoms with Crippen LogP contribution in [-0.4, -0.2) is 19.5 Å². The number of rotatable bonds is 5. The van der Waals surface area contributed by atoms with E-state index in [1.54, 1.807) is 36.4 Å². The Bertz CT molecular complexity index is 1580. The summed E-state index contributed by atoms with van der Waals surface area (Å²) in [4.78, 5) is 28.1. The van der Waals surface area contributed by atoms with Crippen molar-refractivity contribution >= 4 is 40.2 Å². The van der Waals surface area contributed by atoms with Gasteiger partial charge in [0.05, 0.1) is 4.92 Å². The Hall–Kier alpha value is -4.37. The second-order valence-electron chi connectivity index (χ2n) is 6.83. The van der Waals surface area contributed by atoms with Crippen LogP contribution in [0, 0.1) is 10.1 Å². The third-order valence-corrected chi connectivity index (χ3v) is 5.62. The lowest BCUT2D eigenvalue weighted by molar-refractivity contribution is -0.384. The Kier molecular flexibility index (Phi) is 4.92. The topological polar surface area (TPSA) is 104 Å². The van der Waals surface area contributed by atoms with Crippen molar-refractivity contribution in [2.45, 2.75) is 0 Å². The van der Waals surface area contributed by atoms with Crippen LogP contribution in [0.15, 0.2) is 75.9 Å². The largest absolute Gasteiger partial charge is 0.457 e. The Morgan fingerprint density at radius 1 is 1.03 bits per heavy atom. The molecule has 0 saturated carbocycles. The normalized spacial score (nSPS) is 12.2. The number of furan rings is 1. The van der Waals surface area contributed by atoms with Crippen molar-refractivity contribution in [3.63, 3.8) is 0 Å². The number of nitrogens with zero attached hydrogens (tertiary/aromatic N) is 4. The van der Waals surface area contributed by atoms with Gasteiger partial charge in [0.25, 0.3) is 11.2 Å². The first-order valence-corrected chi connectivity index (χ1v) is 10.4. The predicted octanol–water partition coefficient (Wildman–Crippen LogP) is 4.04. The number of aromatic nitrogens is 3. The molecule has 0 aliphatic rings. The molecule has 5 aromatic rings. The Morgan fingerprint density at radius 3 is 2.66 bits per heavy atom. The highest BCUT2D eigenvalue weighted by atomic mass is 32.1. The van der Waals surface area contributed by atoms with Gasteiger partial charge in [0.15, 0.2) is 5.82 Å². The maximum Gasteiger partial charge on any atom is 0.291 e. The number of hydrogen-bond donors (Lipinski definition) is 0. The van der Waals surface area contributed by atoms with E-state index < -0.39 is 4.92 Å². The maximum atomic E-state index is 12.7. The molecule has 9 heteroatoms. The van der Waals surface area contributed by atoms with Crippen LogP contribution < -0.4 is 10.1 Å². The molecule has 0 N–H and O–H groups in total. The van der Waals surface area contributed by atoms with Crippen LogP contribution in [0.5, 0.6) is 0 Å². The number of hydrogen-bond acceptors (Lipinski definition) is 7. The minimum atomic E-state index is -0.457. The van der Waals surface area contributed by atoms with Crippen LogP contribution in [0.4, 0.5) is 5.69 Å². The van der Waals surface area contributed by atoms with Crippen molar-refractivity contribution in [2.24, 2.45) is 0 Å². The third-order valence-electron chi connectivity index (χ3n) is 4.66. The van der Waals surface area contributed by atoms with Gasteiger partial charge in [-0.05, 0) is 23.8 Å². The van der Waals surface area contributed by atoms with E-state index in [-0.39, 0.29) is 11.2 Å². The van der Waals surface area contributed by atoms with Crippen LogP contribution >= 0.6 is 11.3 Å². The monoisotopic (exact) mass is 442 g/mol. The van der Waals surface area contributed by atoms with E-state index in [4.69, 9.17) is 4.42 Å². The number of thiazole rings is 1. The van der Waals surface area contributed by atoms with E-state index in [9.17, 15) is 14.9 Å². The van der Waals surface area contributed by atoms with Gasteiger partial charge in [-0.15, -0.1) is 5.10 Å². The molecule has 0 unspecified atom stereocenters. The first-order valence-electron chi connectivity index (χ1n) is 9.56. The van der Waals surface area contributed by atoms with E-state index in [1.807, 2.05) is 36.4 Å². The zero-order valence-electron chi connectivity index (χ0n) is 16.4. The molecule has 0 saturated heterocycles. The van der Waals surface area contributed by atoms with Crippen molar-refractivity contribution in [3.05, 3.63) is 109 Å². The molecule has 0 atom stereocenters. The lowest BCUT2D eigenvalue weighted by atomic mass is 10.1. The third kappa shape index (κ3) is 3.84. The number of fused-ring (bicyclic) bond motifs is 1. The molecule has 0 radical (unpaired) electrons. The quantitative estimate of drug-likeness (QED) is 0.301. The van der Waals surface area contributed by atoms with Crippen LogP contribution in [-0.2, 0) is 0 Å². The molecule has 8 nitrogen and oxygen atoms in total. The van der Waals surface area contributed by atoms with E-state index in [2.05, 4.69) is 10.1 Å². The summed E-state index contributed by atoms with van der Waals surface area (Å²) in [6.07, 6.45) is 5.26. The Labute approximate surface area is 184 Å². The van der Waals surface area contributed by atoms with E-state index in [1.165, 1.54) is 28.0 Å². The molecule has 5 rings (SSSR count). The number of nitro groups is 1. The van der Waals surface area contributed by atoms with Gasteiger partial charge >= 0.3 is 0 Å². The maximum absolute atomic E-state index is 12.7. The molecular formula is C23H14N4O4S. The summed E-state index contributed by atoms with van der Waals surface area (Å²) in [7, 11) is 0. The molecule has 2 aromatic carbocycles. The minimum absolute atomic E-state index is 0.0195. The second-order valence-corrected chi connectivity index (χ2v) is 7.84. The average molecular weight is 442 g/mol. The summed E-state index contributed by atoms with van der Waals surface area (Å²) >= 11 is 1.21. The zero-order chi connectivity index (χ0) is 22.1. The van der Waals surface area contributed by atoms with Gasteiger partial charge in [-0.3, -0.25) is 14.9 Å². The SMILES string of the molecule is O=c1c(=Cc2ccc(-c3cccc([N+](=O)[O-])c3)o2)sc2nc(C=Cc3ccccc3)nn12. The molecule has 0 fully saturated rings. The van der Waals surface area contributed by atoms with Gasteiger partial charge < -0.3 is 4.42 Å². The number of non-ortho nitro benzene ring substituents is 1. The van der Waals surface area contributed by atoms with Gasteiger partial charge in [-0.25, -0.2) is 0 Å². The lowest BCUT2D eigenvalue weighted by Crippen LogP contribution is -2.23. The van der Waals surface area contributed by atoms with Crippen molar-refractivity contribution in [2.75, 3.05) is 0 Å². The highest BCUT2D eigenvalue weighted by Gasteiger charge is 2.12. The molecular weight excluding hydrogens is 428 g/mol. The molecule has 0 amide bonds. The van der Waals surface area contributed by atoms with E-state index >= 15 is 0 Å². The second kappa shape index (κ2) is 8.05. The highest BCUT2D eigenvalue weighted by molar-refractivity contribution is 7.15. The molecule has 32 heavy (non-hydrogen) atoms. The van der Waals surface area contributed by atoms with E-state index in [0.717, 1.165) is 5.56 Å². The van der Waals surface area contributed by atoms with Crippen molar-refractivity contribution in [1.82, 2.24) is 14.6 Å². The predicted molar refractivity (Wildman–Crippen MR) is 122 cm³/mol. The van der Waals surface area contributed by atoms with Gasteiger partial charge in [-0.2, -0.15) is 9.50 Å². The molecule has 0 bridgehead atoms. The molecule has 3 heterocycles. The smallest absolute Gasteiger partial charge is 0.291 e. The van der Waals surface area contributed by atoms with Crippen LogP contribution in [0.25, 0.3) is 34.5 Å². The summed E-state index contributed by atoms with van der Waals surface area (Å²) < 4.78 is 7.47. The van der Waals surface area contributed by atoms with Crippen LogP contribution in [0.2, 0.25) is 0 Å². The van der Waals surface area contributed by atoms with Gasteiger partial charge in [0.2, 0.25) is 4.96 Å². The summed E-state index contributed by atoms with van der Waals surface area (Å²) in [6, 6.07) is 19.3. The molecule has 0 aliphatic carbocycles. The fourth-order valence-electron chi connectivity index (χ4n) is 3.14. The minimum Gasteiger partial charge on any atom is -0.457 e. The first-order chi connectivity index (χ1) is 15.6. The summed E-state index contributed by atoms with van der Waals surface area (Å²) in [5, 5.41) is 15.3. The van der Waals surface area contributed by atoms with Crippen molar-refractivity contribution in [3.8, 4) is 11.3 Å². The fraction of sp³-hybridized carbons (Fsp3) is 0. The van der Waals surface area contributed by atoms with Crippen molar-refractivity contribution < 1.29 is 9.34 Å². The van der Waals surface area contributed by atoms with Crippen LogP contribution in [0.3, 0.4) is 0 Å². The van der Waals surface area contributed by atoms with Gasteiger partial charge in [0.1, 0.15) is 16.1 Å². The van der Waals surface area contributed by atoms with Gasteiger partial charge in [-0.1, -0.05) is 59.9 Å².